The molecule has 2 aliphatic heterocycles. The maximum atomic E-state index is 12.4. The molecule has 50 heavy (non-hydrogen) atoms. The van der Waals surface area contributed by atoms with Crippen molar-refractivity contribution in [3.05, 3.63) is 107 Å². The molecule has 0 atom stereocenters. The molecule has 0 radical (unpaired) electrons. The number of nitrogens with zero attached hydrogens (tertiary/aromatic N) is 3. The van der Waals surface area contributed by atoms with Crippen LogP contribution in [-0.4, -0.2) is 54.0 Å². The van der Waals surface area contributed by atoms with Crippen molar-refractivity contribution in [2.45, 2.75) is 33.4 Å². The number of hydroxylamine groups is 1. The highest BCUT2D eigenvalue weighted by molar-refractivity contribution is 6.02. The summed E-state index contributed by atoms with van der Waals surface area (Å²) in [7, 11) is 1.59. The molecular weight excluding hydrogens is 644 g/mol. The average Bonchev–Trinajstić information content (AvgIpc) is 3.55. The van der Waals surface area contributed by atoms with Gasteiger partial charge in [0.2, 0.25) is 5.89 Å². The van der Waals surface area contributed by atoms with Gasteiger partial charge < -0.3 is 23.5 Å². The topological polar surface area (TPSA) is 161 Å². The van der Waals surface area contributed by atoms with E-state index in [0.717, 1.165) is 22.4 Å². The highest BCUT2D eigenvalue weighted by Gasteiger charge is 2.29. The number of ether oxygens (including phenoxy) is 3. The zero-order chi connectivity index (χ0) is 35.4. The lowest BCUT2D eigenvalue weighted by atomic mass is 10.1. The first-order valence-corrected chi connectivity index (χ1v) is 15.8. The number of carbonyl (C=O) groups is 4. The molecule has 0 unspecified atom stereocenters. The van der Waals surface area contributed by atoms with Gasteiger partial charge in [-0.2, -0.15) is 0 Å². The van der Waals surface area contributed by atoms with Crippen molar-refractivity contribution in [2.24, 2.45) is 0 Å². The SMILES string of the molecule is CCC(=O)c1ccc2c(c1)N(Cc1nc3ccc(C)cc3o1)C(=O)CO2.COc1ccc(CN2C(=O)COc3ccc(C(=O)NO)cc32)cc1. The van der Waals surface area contributed by atoms with Gasteiger partial charge in [-0.05, 0) is 78.7 Å². The molecule has 0 spiro atoms. The molecule has 256 valence electrons. The number of rotatable bonds is 8. The highest BCUT2D eigenvalue weighted by atomic mass is 16.5. The first-order valence-electron chi connectivity index (χ1n) is 15.8. The molecule has 0 fully saturated rings. The monoisotopic (exact) mass is 678 g/mol. The molecule has 7 rings (SSSR count). The lowest BCUT2D eigenvalue weighted by molar-refractivity contribution is -0.122. The summed E-state index contributed by atoms with van der Waals surface area (Å²) in [6, 6.07) is 22.9. The second kappa shape index (κ2) is 14.5. The molecule has 4 aromatic carbocycles. The minimum atomic E-state index is -0.653. The van der Waals surface area contributed by atoms with E-state index in [1.165, 1.54) is 12.1 Å². The van der Waals surface area contributed by atoms with Gasteiger partial charge in [-0.15, -0.1) is 0 Å². The van der Waals surface area contributed by atoms with Crippen LogP contribution < -0.4 is 29.5 Å². The lowest BCUT2D eigenvalue weighted by Gasteiger charge is -2.29. The maximum Gasteiger partial charge on any atom is 0.274 e. The van der Waals surface area contributed by atoms with Crippen LogP contribution in [0.5, 0.6) is 17.2 Å². The maximum absolute atomic E-state index is 12.4. The van der Waals surface area contributed by atoms with Crippen LogP contribution in [0.1, 0.15) is 51.1 Å². The number of hydrogen-bond acceptors (Lipinski definition) is 10. The van der Waals surface area contributed by atoms with Gasteiger partial charge in [0.1, 0.15) is 29.3 Å². The van der Waals surface area contributed by atoms with Crippen LogP contribution in [0.25, 0.3) is 11.1 Å². The number of carbonyl (C=O) groups excluding carboxylic acids is 4. The van der Waals surface area contributed by atoms with Crippen molar-refractivity contribution in [3.8, 4) is 17.2 Å². The van der Waals surface area contributed by atoms with Crippen LogP contribution in [-0.2, 0) is 22.7 Å². The summed E-state index contributed by atoms with van der Waals surface area (Å²) in [5, 5.41) is 8.77. The van der Waals surface area contributed by atoms with Gasteiger partial charge in [-0.3, -0.25) is 29.3 Å². The smallest absolute Gasteiger partial charge is 0.274 e. The molecule has 0 saturated heterocycles. The molecule has 13 nitrogen and oxygen atoms in total. The number of aryl methyl sites for hydroxylation is 1. The molecule has 5 aromatic rings. The van der Waals surface area contributed by atoms with Gasteiger partial charge in [-0.25, -0.2) is 10.5 Å². The van der Waals surface area contributed by atoms with Crippen LogP contribution in [0.2, 0.25) is 0 Å². The number of ketones is 1. The Kier molecular flexibility index (Phi) is 9.77. The van der Waals surface area contributed by atoms with Crippen molar-refractivity contribution < 1.29 is 43.0 Å². The van der Waals surface area contributed by atoms with Crippen LogP contribution in [0.3, 0.4) is 0 Å². The van der Waals surface area contributed by atoms with Gasteiger partial charge in [0.15, 0.2) is 24.6 Å². The first kappa shape index (κ1) is 33.7. The fourth-order valence-electron chi connectivity index (χ4n) is 5.53. The number of oxazole rings is 1. The number of aromatic nitrogens is 1. The molecule has 1 aromatic heterocycles. The number of fused-ring (bicyclic) bond motifs is 3. The van der Waals surface area contributed by atoms with Gasteiger partial charge in [0, 0.05) is 17.5 Å². The Morgan fingerprint density at radius 3 is 2.08 bits per heavy atom. The summed E-state index contributed by atoms with van der Waals surface area (Å²) < 4.78 is 21.8. The summed E-state index contributed by atoms with van der Waals surface area (Å²) >= 11 is 0. The number of amides is 3. The van der Waals surface area contributed by atoms with Crippen molar-refractivity contribution in [1.29, 1.82) is 0 Å². The largest absolute Gasteiger partial charge is 0.497 e. The van der Waals surface area contributed by atoms with E-state index in [1.807, 2.05) is 56.3 Å². The third-order valence-corrected chi connectivity index (χ3v) is 8.19. The van der Waals surface area contributed by atoms with Gasteiger partial charge in [-0.1, -0.05) is 25.1 Å². The van der Waals surface area contributed by atoms with E-state index in [2.05, 4.69) is 4.98 Å². The van der Waals surface area contributed by atoms with Crippen LogP contribution >= 0.6 is 0 Å². The molecule has 0 saturated carbocycles. The Bertz CT molecular complexity index is 2090. The van der Waals surface area contributed by atoms with Crippen LogP contribution in [0.4, 0.5) is 11.4 Å². The summed E-state index contributed by atoms with van der Waals surface area (Å²) in [6.45, 7) is 4.20. The Labute approximate surface area is 286 Å². The second-order valence-corrected chi connectivity index (χ2v) is 11.5. The predicted octanol–water partition coefficient (Wildman–Crippen LogP) is 5.39. The first-order chi connectivity index (χ1) is 24.2. The summed E-state index contributed by atoms with van der Waals surface area (Å²) in [6.07, 6.45) is 0.401. The number of methoxy groups -OCH3 is 1. The van der Waals surface area contributed by atoms with E-state index in [9.17, 15) is 19.2 Å². The Morgan fingerprint density at radius 1 is 0.840 bits per heavy atom. The molecule has 2 N–H and O–H groups in total. The molecule has 0 aliphatic carbocycles. The zero-order valence-corrected chi connectivity index (χ0v) is 27.6. The molecule has 0 bridgehead atoms. The van der Waals surface area contributed by atoms with Crippen molar-refractivity contribution in [2.75, 3.05) is 30.1 Å². The molecule has 3 amide bonds. The van der Waals surface area contributed by atoms with Gasteiger partial charge >= 0.3 is 0 Å². The minimum absolute atomic E-state index is 0.0168. The third kappa shape index (κ3) is 7.12. The van der Waals surface area contributed by atoms with E-state index in [1.54, 1.807) is 46.7 Å². The fourth-order valence-corrected chi connectivity index (χ4v) is 5.53. The molecule has 13 heteroatoms. The number of hydrogen-bond donors (Lipinski definition) is 2. The zero-order valence-electron chi connectivity index (χ0n) is 27.6. The fraction of sp³-hybridized carbons (Fsp3) is 0.216. The Balaban J connectivity index is 0.000000174. The third-order valence-electron chi connectivity index (χ3n) is 8.19. The van der Waals surface area contributed by atoms with E-state index in [4.69, 9.17) is 23.8 Å². The number of nitrogens with one attached hydrogen (secondary N) is 1. The van der Waals surface area contributed by atoms with E-state index >= 15 is 0 Å². The number of anilines is 2. The van der Waals surface area contributed by atoms with E-state index < -0.39 is 5.91 Å². The van der Waals surface area contributed by atoms with Crippen molar-refractivity contribution >= 4 is 46.0 Å². The Morgan fingerprint density at radius 2 is 1.46 bits per heavy atom. The summed E-state index contributed by atoms with van der Waals surface area (Å²) in [5.74, 6) is 1.22. The lowest BCUT2D eigenvalue weighted by Crippen LogP contribution is -2.38. The van der Waals surface area contributed by atoms with Crippen LogP contribution in [0, 0.1) is 6.92 Å². The van der Waals surface area contributed by atoms with Crippen molar-refractivity contribution in [1.82, 2.24) is 10.5 Å². The quantitative estimate of drug-likeness (QED) is 0.124. The van der Waals surface area contributed by atoms with Gasteiger partial charge in [0.05, 0.1) is 25.0 Å². The number of benzene rings is 4. The van der Waals surface area contributed by atoms with Gasteiger partial charge in [0.25, 0.3) is 17.7 Å². The standard InChI is InChI=1S/C20H18N2O4.C17H16N2O5/c1-3-16(23)13-5-7-17-15(9-13)22(20(24)11-25-17)10-19-21-14-6-4-12(2)8-18(14)26-19;1-23-13-5-2-11(3-6-13)9-19-14-8-12(17(21)18-22)4-7-15(14)24-10-16(19)20/h4-9H,3,10-11H2,1-2H3;2-8,22H,9-10H2,1H3,(H,18,21). The predicted molar refractivity (Wildman–Crippen MR) is 182 cm³/mol. The molecule has 2 aliphatic rings. The number of Topliss-reactive ketones (excluding diaryl/α,β-unsaturated/α-hetero) is 1. The molecular formula is C37H34N4O9. The normalized spacial score (nSPS) is 13.4. The van der Waals surface area contributed by atoms with E-state index in [-0.39, 0.29) is 42.9 Å². The Hall–Kier alpha value is -6.21. The van der Waals surface area contributed by atoms with Crippen molar-refractivity contribution in [3.63, 3.8) is 0 Å². The van der Waals surface area contributed by atoms with E-state index in [0.29, 0.717) is 52.9 Å². The van der Waals surface area contributed by atoms with Crippen LogP contribution in [0.15, 0.2) is 83.3 Å². The summed E-state index contributed by atoms with van der Waals surface area (Å²) in [5.41, 5.74) is 6.86. The summed E-state index contributed by atoms with van der Waals surface area (Å²) in [4.78, 5) is 55.9. The molecule has 3 heterocycles. The minimum Gasteiger partial charge on any atom is -0.497 e. The average molecular weight is 679 g/mol. The second-order valence-electron chi connectivity index (χ2n) is 11.5. The highest BCUT2D eigenvalue weighted by Crippen LogP contribution is 2.36.